The molecule has 3 N–H and O–H groups in total. The summed E-state index contributed by atoms with van der Waals surface area (Å²) in [6, 6.07) is 14.7. The Morgan fingerprint density at radius 2 is 1.76 bits per heavy atom. The van der Waals surface area contributed by atoms with Gasteiger partial charge in [-0.25, -0.2) is 18.4 Å². The summed E-state index contributed by atoms with van der Waals surface area (Å²) in [5.41, 5.74) is 0.550. The summed E-state index contributed by atoms with van der Waals surface area (Å²) in [6.45, 7) is 0.00148. The molecule has 15 heteroatoms. The van der Waals surface area contributed by atoms with Gasteiger partial charge in [-0.1, -0.05) is 18.2 Å². The predicted octanol–water partition coefficient (Wildman–Crippen LogP) is 3.97. The molecule has 41 heavy (non-hydrogen) atoms. The van der Waals surface area contributed by atoms with Crippen molar-refractivity contribution in [3.63, 3.8) is 0 Å². The summed E-state index contributed by atoms with van der Waals surface area (Å²) >= 11 is 0. The molecule has 0 fully saturated rings. The Morgan fingerprint density at radius 3 is 2.46 bits per heavy atom. The van der Waals surface area contributed by atoms with Gasteiger partial charge in [0.25, 0.3) is 5.91 Å². The zero-order chi connectivity index (χ0) is 29.6. The molecule has 4 rings (SSSR count). The van der Waals surface area contributed by atoms with E-state index in [1.165, 1.54) is 31.4 Å². The van der Waals surface area contributed by atoms with E-state index in [2.05, 4.69) is 35.9 Å². The molecular weight excluding hydrogens is 561 g/mol. The topological polar surface area (TPSA) is 142 Å². The number of amides is 1. The molecule has 0 aliphatic heterocycles. The molecule has 0 aliphatic rings. The minimum absolute atomic E-state index is 0.0570. The average molecular weight is 587 g/mol. The first-order chi connectivity index (χ1) is 19.4. The molecule has 214 valence electrons. The van der Waals surface area contributed by atoms with Crippen LogP contribution in [0.2, 0.25) is 0 Å². The molecule has 0 spiro atoms. The second-order valence-electron chi connectivity index (χ2n) is 8.73. The van der Waals surface area contributed by atoms with Crippen LogP contribution in [0.3, 0.4) is 0 Å². The van der Waals surface area contributed by atoms with Gasteiger partial charge in [-0.15, -0.1) is 0 Å². The highest BCUT2D eigenvalue weighted by Crippen LogP contribution is 2.34. The number of anilines is 4. The van der Waals surface area contributed by atoms with Gasteiger partial charge >= 0.3 is 6.18 Å². The molecule has 0 unspecified atom stereocenters. The molecule has 0 bridgehead atoms. The van der Waals surface area contributed by atoms with Gasteiger partial charge in [-0.05, 0) is 36.4 Å². The van der Waals surface area contributed by atoms with E-state index in [4.69, 9.17) is 0 Å². The molecule has 1 amide bonds. The van der Waals surface area contributed by atoms with Gasteiger partial charge in [0.1, 0.15) is 17.2 Å². The fourth-order valence-corrected chi connectivity index (χ4v) is 4.09. The third kappa shape index (κ3) is 7.66. The van der Waals surface area contributed by atoms with E-state index in [-0.39, 0.29) is 30.8 Å². The highest BCUT2D eigenvalue weighted by Gasteiger charge is 2.35. The van der Waals surface area contributed by atoms with Gasteiger partial charge in [0.15, 0.2) is 0 Å². The lowest BCUT2D eigenvalue weighted by atomic mass is 10.2. The molecule has 3 aromatic heterocycles. The van der Waals surface area contributed by atoms with Crippen LogP contribution < -0.4 is 20.3 Å². The van der Waals surface area contributed by atoms with Crippen LogP contribution in [-0.4, -0.2) is 47.6 Å². The number of pyridine rings is 2. The lowest BCUT2D eigenvalue weighted by molar-refractivity contribution is -0.137. The maximum atomic E-state index is 13.7. The van der Waals surface area contributed by atoms with Gasteiger partial charge in [-0.2, -0.15) is 18.2 Å². The Labute approximate surface area is 233 Å². The Balaban J connectivity index is 1.53. The van der Waals surface area contributed by atoms with E-state index in [1.807, 2.05) is 0 Å². The number of alkyl halides is 3. The zero-order valence-electron chi connectivity index (χ0n) is 21.8. The summed E-state index contributed by atoms with van der Waals surface area (Å²) < 4.78 is 66.1. The molecular formula is C26H25F3N8O3S. The normalized spacial score (nSPS) is 11.5. The lowest BCUT2D eigenvalue weighted by Gasteiger charge is -2.20. The van der Waals surface area contributed by atoms with Crippen molar-refractivity contribution < 1.29 is 26.4 Å². The Hall–Kier alpha value is -4.79. The number of hydrogen-bond acceptors (Lipinski definition) is 9. The number of nitrogens with one attached hydrogen (secondary N) is 3. The fourth-order valence-electron chi connectivity index (χ4n) is 3.61. The number of aromatic nitrogens is 4. The van der Waals surface area contributed by atoms with Crippen molar-refractivity contribution in [1.29, 1.82) is 0 Å². The van der Waals surface area contributed by atoms with Crippen molar-refractivity contribution in [3.8, 4) is 0 Å². The summed E-state index contributed by atoms with van der Waals surface area (Å²) in [5, 5.41) is 8.20. The first kappa shape index (κ1) is 29.2. The van der Waals surface area contributed by atoms with Crippen LogP contribution in [0.15, 0.2) is 73.2 Å². The number of nitrogens with zero attached hydrogens (tertiary/aromatic N) is 5. The van der Waals surface area contributed by atoms with E-state index in [9.17, 15) is 26.4 Å². The van der Waals surface area contributed by atoms with Crippen molar-refractivity contribution in [1.82, 2.24) is 25.3 Å². The molecule has 11 nitrogen and oxygen atoms in total. The number of carbonyl (C=O) groups excluding carboxylic acids is 1. The van der Waals surface area contributed by atoms with E-state index in [1.54, 1.807) is 42.6 Å². The molecule has 0 saturated heterocycles. The molecule has 0 atom stereocenters. The van der Waals surface area contributed by atoms with Crippen LogP contribution in [-0.2, 0) is 29.3 Å². The molecule has 1 aromatic carbocycles. The minimum Gasteiger partial charge on any atom is -0.365 e. The number of halogens is 3. The van der Waals surface area contributed by atoms with Crippen molar-refractivity contribution in [3.05, 3.63) is 95.6 Å². The summed E-state index contributed by atoms with van der Waals surface area (Å²) in [5.74, 6) is -1.01. The van der Waals surface area contributed by atoms with Gasteiger partial charge in [0, 0.05) is 49.0 Å². The van der Waals surface area contributed by atoms with Crippen LogP contribution in [0, 0.1) is 0 Å². The van der Waals surface area contributed by atoms with E-state index in [0.717, 1.165) is 10.6 Å². The average Bonchev–Trinajstić information content (AvgIpc) is 2.94. The second-order valence-corrected chi connectivity index (χ2v) is 10.7. The second kappa shape index (κ2) is 12.2. The van der Waals surface area contributed by atoms with Crippen LogP contribution in [0.5, 0.6) is 0 Å². The Morgan fingerprint density at radius 1 is 0.976 bits per heavy atom. The Bertz CT molecular complexity index is 1640. The number of carbonyl (C=O) groups is 1. The summed E-state index contributed by atoms with van der Waals surface area (Å²) in [7, 11) is -2.37. The first-order valence-electron chi connectivity index (χ1n) is 12.0. The van der Waals surface area contributed by atoms with Crippen molar-refractivity contribution in [2.75, 3.05) is 28.2 Å². The number of hydrogen-bond donors (Lipinski definition) is 3. The maximum Gasteiger partial charge on any atom is 0.421 e. The van der Waals surface area contributed by atoms with E-state index < -0.39 is 27.6 Å². The Kier molecular flexibility index (Phi) is 8.66. The smallest absolute Gasteiger partial charge is 0.365 e. The van der Waals surface area contributed by atoms with E-state index in [0.29, 0.717) is 28.7 Å². The highest BCUT2D eigenvalue weighted by atomic mass is 32.2. The van der Waals surface area contributed by atoms with Gasteiger partial charge in [0.05, 0.1) is 18.5 Å². The molecule has 0 saturated carbocycles. The van der Waals surface area contributed by atoms with Gasteiger partial charge in [0.2, 0.25) is 16.0 Å². The third-order valence-electron chi connectivity index (χ3n) is 5.74. The fraction of sp³-hybridized carbons (Fsp3) is 0.192. The van der Waals surface area contributed by atoms with Crippen LogP contribution in [0.1, 0.15) is 27.2 Å². The molecule has 4 aromatic rings. The van der Waals surface area contributed by atoms with Crippen LogP contribution >= 0.6 is 0 Å². The van der Waals surface area contributed by atoms with Crippen molar-refractivity contribution in [2.45, 2.75) is 19.3 Å². The maximum absolute atomic E-state index is 13.7. The first-order valence-corrected chi connectivity index (χ1v) is 13.9. The largest absolute Gasteiger partial charge is 0.421 e. The van der Waals surface area contributed by atoms with Crippen molar-refractivity contribution in [2.24, 2.45) is 0 Å². The van der Waals surface area contributed by atoms with E-state index >= 15 is 0 Å². The third-order valence-corrected chi connectivity index (χ3v) is 6.91. The number of sulfonamides is 1. The van der Waals surface area contributed by atoms with Crippen LogP contribution in [0.25, 0.3) is 0 Å². The number of rotatable bonds is 10. The minimum atomic E-state index is -4.77. The summed E-state index contributed by atoms with van der Waals surface area (Å²) in [4.78, 5) is 28.6. The van der Waals surface area contributed by atoms with Crippen LogP contribution in [0.4, 0.5) is 36.4 Å². The predicted molar refractivity (Wildman–Crippen MR) is 147 cm³/mol. The zero-order valence-corrected chi connectivity index (χ0v) is 22.7. The number of benzene rings is 1. The van der Waals surface area contributed by atoms with Gasteiger partial charge in [-0.3, -0.25) is 14.1 Å². The van der Waals surface area contributed by atoms with Gasteiger partial charge < -0.3 is 16.0 Å². The van der Waals surface area contributed by atoms with Crippen molar-refractivity contribution >= 4 is 39.2 Å². The SMILES string of the molecule is CN(c1ncccc1CNc1nc(Nc2cccc(C(=O)NCc3ccccn3)c2)ncc1C(F)(F)F)S(C)(=O)=O. The highest BCUT2D eigenvalue weighted by molar-refractivity contribution is 7.92. The molecule has 0 aliphatic carbocycles. The lowest BCUT2D eigenvalue weighted by Crippen LogP contribution is -2.27. The molecule has 0 radical (unpaired) electrons. The monoisotopic (exact) mass is 586 g/mol. The summed E-state index contributed by atoms with van der Waals surface area (Å²) in [6.07, 6.45) is -0.159. The quantitative estimate of drug-likeness (QED) is 0.252. The molecule has 3 heterocycles. The standard InChI is InChI=1S/C26H25F3N8O3S/c1-37(41(2,39)40)23-18(8-6-12-31-23)14-32-22-21(26(27,28)29)16-34-25(36-22)35-19-10-5-7-17(13-19)24(38)33-15-20-9-3-4-11-30-20/h3-13,16H,14-15H2,1-2H3,(H,33,38)(H2,32,34,35,36).